The Balaban J connectivity index is 1.74. The number of rotatable bonds is 11. The van der Waals surface area contributed by atoms with Crippen LogP contribution < -0.4 is 5.32 Å². The predicted octanol–water partition coefficient (Wildman–Crippen LogP) is 3.54. The molecule has 0 unspecified atom stereocenters. The molecule has 1 heterocycles. The summed E-state index contributed by atoms with van der Waals surface area (Å²) in [6, 6.07) is 19.0. The van der Waals surface area contributed by atoms with E-state index in [1.165, 1.54) is 11.8 Å². The molecule has 2 atom stereocenters. The van der Waals surface area contributed by atoms with Crippen molar-refractivity contribution in [1.82, 2.24) is 20.0 Å². The SMILES string of the molecule is CC(=O)SC[C@H](C)CN(CCc1ccccc1)C(=O)N[C@@H](Cc1ccccc1)C(=O)N1CCN(C)CC1. The van der Waals surface area contributed by atoms with Crippen molar-refractivity contribution < 1.29 is 14.4 Å². The van der Waals surface area contributed by atoms with Crippen LogP contribution in [0.3, 0.4) is 0 Å². The fraction of sp³-hybridized carbons (Fsp3) is 0.483. The first-order chi connectivity index (χ1) is 17.8. The molecule has 2 aromatic carbocycles. The molecule has 1 N–H and O–H groups in total. The number of hydrogen-bond acceptors (Lipinski definition) is 5. The lowest BCUT2D eigenvalue weighted by molar-refractivity contribution is -0.134. The minimum absolute atomic E-state index is 0.0338. The van der Waals surface area contributed by atoms with Crippen LogP contribution in [0, 0.1) is 5.92 Å². The molecule has 0 spiro atoms. The number of thioether (sulfide) groups is 1. The Morgan fingerprint density at radius 2 is 1.54 bits per heavy atom. The van der Waals surface area contributed by atoms with Gasteiger partial charge in [-0.3, -0.25) is 9.59 Å². The monoisotopic (exact) mass is 524 g/mol. The van der Waals surface area contributed by atoms with Gasteiger partial charge in [-0.15, -0.1) is 0 Å². The molecule has 0 aliphatic carbocycles. The Labute approximate surface area is 225 Å². The van der Waals surface area contributed by atoms with Gasteiger partial charge in [-0.05, 0) is 30.5 Å². The third-order valence-corrected chi connectivity index (χ3v) is 7.74. The van der Waals surface area contributed by atoms with E-state index in [-0.39, 0.29) is 23.0 Å². The number of urea groups is 1. The topological polar surface area (TPSA) is 73.0 Å². The number of carbonyl (C=O) groups excluding carboxylic acids is 3. The van der Waals surface area contributed by atoms with Gasteiger partial charge in [-0.1, -0.05) is 79.3 Å². The molecule has 1 aliphatic heterocycles. The number of benzene rings is 2. The van der Waals surface area contributed by atoms with Crippen molar-refractivity contribution in [2.24, 2.45) is 5.92 Å². The van der Waals surface area contributed by atoms with Crippen LogP contribution in [0.25, 0.3) is 0 Å². The van der Waals surface area contributed by atoms with Gasteiger partial charge >= 0.3 is 6.03 Å². The molecule has 8 heteroatoms. The third-order valence-electron chi connectivity index (χ3n) is 6.60. The number of carbonyl (C=O) groups is 3. The fourth-order valence-corrected chi connectivity index (χ4v) is 5.04. The quantitative estimate of drug-likeness (QED) is 0.487. The maximum Gasteiger partial charge on any atom is 0.318 e. The summed E-state index contributed by atoms with van der Waals surface area (Å²) in [6.45, 7) is 7.63. The van der Waals surface area contributed by atoms with E-state index in [4.69, 9.17) is 0 Å². The summed E-state index contributed by atoms with van der Waals surface area (Å²) in [5.41, 5.74) is 2.16. The molecule has 0 saturated carbocycles. The minimum Gasteiger partial charge on any atom is -0.338 e. The molecular formula is C29H40N4O3S. The largest absolute Gasteiger partial charge is 0.338 e. The van der Waals surface area contributed by atoms with Gasteiger partial charge in [0, 0.05) is 58.4 Å². The van der Waals surface area contributed by atoms with Crippen molar-refractivity contribution in [3.05, 3.63) is 71.8 Å². The number of piperazine rings is 1. The molecular weight excluding hydrogens is 484 g/mol. The molecule has 1 aliphatic rings. The second-order valence-electron chi connectivity index (χ2n) is 9.91. The number of likely N-dealkylation sites (N-methyl/N-ethyl adjacent to an activating group) is 1. The molecule has 7 nitrogen and oxygen atoms in total. The molecule has 200 valence electrons. The van der Waals surface area contributed by atoms with Gasteiger partial charge in [0.05, 0.1) is 0 Å². The maximum atomic E-state index is 13.6. The van der Waals surface area contributed by atoms with Gasteiger partial charge in [0.15, 0.2) is 5.12 Å². The van der Waals surface area contributed by atoms with Crippen LogP contribution in [-0.4, -0.2) is 89.9 Å². The number of nitrogens with one attached hydrogen (secondary N) is 1. The first kappa shape index (κ1) is 28.7. The van der Waals surface area contributed by atoms with E-state index >= 15 is 0 Å². The summed E-state index contributed by atoms with van der Waals surface area (Å²) in [6.07, 6.45) is 1.16. The van der Waals surface area contributed by atoms with Crippen molar-refractivity contribution in [3.8, 4) is 0 Å². The highest BCUT2D eigenvalue weighted by molar-refractivity contribution is 8.13. The summed E-state index contributed by atoms with van der Waals surface area (Å²) < 4.78 is 0. The zero-order valence-electron chi connectivity index (χ0n) is 22.3. The van der Waals surface area contributed by atoms with Crippen LogP contribution in [-0.2, 0) is 22.4 Å². The Bertz CT molecular complexity index is 997. The Morgan fingerprint density at radius 3 is 2.14 bits per heavy atom. The van der Waals surface area contributed by atoms with Crippen LogP contribution >= 0.6 is 11.8 Å². The predicted molar refractivity (Wildman–Crippen MR) is 151 cm³/mol. The van der Waals surface area contributed by atoms with E-state index in [0.29, 0.717) is 38.4 Å². The van der Waals surface area contributed by atoms with E-state index in [9.17, 15) is 14.4 Å². The summed E-state index contributed by atoms with van der Waals surface area (Å²) in [4.78, 5) is 44.6. The standard InChI is InChI=1S/C29H40N4O3S/c1-23(22-37-24(2)34)21-33(15-14-25-10-6-4-7-11-25)29(36)30-27(20-26-12-8-5-9-13-26)28(35)32-18-16-31(3)17-19-32/h4-13,23,27H,14-22H2,1-3H3,(H,30,36)/t23-,27+/m1/s1. The smallest absolute Gasteiger partial charge is 0.318 e. The summed E-state index contributed by atoms with van der Waals surface area (Å²) >= 11 is 1.29. The van der Waals surface area contributed by atoms with Gasteiger partial charge < -0.3 is 20.0 Å². The highest BCUT2D eigenvalue weighted by Crippen LogP contribution is 2.14. The van der Waals surface area contributed by atoms with Gasteiger partial charge in [0.1, 0.15) is 6.04 Å². The first-order valence-corrected chi connectivity index (χ1v) is 14.0. The third kappa shape index (κ3) is 9.85. The Hall–Kier alpha value is -2.84. The number of hydrogen-bond donors (Lipinski definition) is 1. The van der Waals surface area contributed by atoms with Crippen LogP contribution in [0.15, 0.2) is 60.7 Å². The van der Waals surface area contributed by atoms with Gasteiger partial charge in [-0.2, -0.15) is 0 Å². The molecule has 0 radical (unpaired) electrons. The average molecular weight is 525 g/mol. The number of nitrogens with zero attached hydrogens (tertiary/aromatic N) is 3. The molecule has 0 bridgehead atoms. The van der Waals surface area contributed by atoms with Crippen molar-refractivity contribution in [2.45, 2.75) is 32.7 Å². The van der Waals surface area contributed by atoms with Crippen LogP contribution in [0.4, 0.5) is 4.79 Å². The first-order valence-electron chi connectivity index (χ1n) is 13.1. The molecule has 1 fully saturated rings. The normalized spacial score (nSPS) is 15.6. The van der Waals surface area contributed by atoms with Gasteiger partial charge in [-0.25, -0.2) is 4.79 Å². The highest BCUT2D eigenvalue weighted by Gasteiger charge is 2.30. The summed E-state index contributed by atoms with van der Waals surface area (Å²) in [5, 5.41) is 3.17. The fourth-order valence-electron chi connectivity index (χ4n) is 4.41. The van der Waals surface area contributed by atoms with Crippen LogP contribution in [0.1, 0.15) is 25.0 Å². The highest BCUT2D eigenvalue weighted by atomic mass is 32.2. The number of amides is 3. The zero-order valence-corrected chi connectivity index (χ0v) is 23.1. The zero-order chi connectivity index (χ0) is 26.6. The second-order valence-corrected chi connectivity index (χ2v) is 11.1. The van der Waals surface area contributed by atoms with E-state index in [1.54, 1.807) is 11.8 Å². The lowest BCUT2D eigenvalue weighted by Crippen LogP contribution is -2.57. The summed E-state index contributed by atoms with van der Waals surface area (Å²) in [5.74, 6) is 0.753. The van der Waals surface area contributed by atoms with Gasteiger partial charge in [0.2, 0.25) is 5.91 Å². The van der Waals surface area contributed by atoms with Gasteiger partial charge in [0.25, 0.3) is 0 Å². The van der Waals surface area contributed by atoms with E-state index < -0.39 is 6.04 Å². The maximum absolute atomic E-state index is 13.6. The lowest BCUT2D eigenvalue weighted by Gasteiger charge is -2.35. The van der Waals surface area contributed by atoms with Crippen molar-refractivity contribution in [2.75, 3.05) is 52.1 Å². The van der Waals surface area contributed by atoms with E-state index in [2.05, 4.69) is 36.3 Å². The molecule has 2 aromatic rings. The van der Waals surface area contributed by atoms with E-state index in [0.717, 1.165) is 30.6 Å². The van der Waals surface area contributed by atoms with Crippen molar-refractivity contribution in [1.29, 1.82) is 0 Å². The molecule has 3 rings (SSSR count). The average Bonchev–Trinajstić information content (AvgIpc) is 2.90. The molecule has 37 heavy (non-hydrogen) atoms. The lowest BCUT2D eigenvalue weighted by atomic mass is 10.0. The Morgan fingerprint density at radius 1 is 0.946 bits per heavy atom. The Kier molecular flexibility index (Phi) is 11.5. The summed E-state index contributed by atoms with van der Waals surface area (Å²) in [7, 11) is 2.06. The van der Waals surface area contributed by atoms with E-state index in [1.807, 2.05) is 53.4 Å². The molecule has 1 saturated heterocycles. The van der Waals surface area contributed by atoms with Crippen LogP contribution in [0.2, 0.25) is 0 Å². The molecule has 3 amide bonds. The minimum atomic E-state index is -0.639. The molecule has 0 aromatic heterocycles. The van der Waals surface area contributed by atoms with Crippen molar-refractivity contribution in [3.63, 3.8) is 0 Å². The second kappa shape index (κ2) is 14.8. The van der Waals surface area contributed by atoms with Crippen LogP contribution in [0.5, 0.6) is 0 Å². The van der Waals surface area contributed by atoms with Crippen molar-refractivity contribution >= 4 is 28.8 Å².